The number of nitrogens with one attached hydrogen (secondary N) is 1. The maximum absolute atomic E-state index is 6.07. The van der Waals surface area contributed by atoms with Crippen molar-refractivity contribution in [2.45, 2.75) is 32.6 Å². The van der Waals surface area contributed by atoms with Crippen molar-refractivity contribution in [1.82, 2.24) is 0 Å². The molecule has 0 unspecified atom stereocenters. The molecule has 1 aromatic carbocycles. The first kappa shape index (κ1) is 13.2. The van der Waals surface area contributed by atoms with Gasteiger partial charge < -0.3 is 5.32 Å². The van der Waals surface area contributed by atoms with E-state index >= 15 is 0 Å². The van der Waals surface area contributed by atoms with Crippen molar-refractivity contribution in [3.63, 3.8) is 0 Å². The minimum atomic E-state index is 0.771. The van der Waals surface area contributed by atoms with Crippen LogP contribution in [-0.4, -0.2) is 6.54 Å². The van der Waals surface area contributed by atoms with Gasteiger partial charge in [0.1, 0.15) is 0 Å². The lowest BCUT2D eigenvalue weighted by atomic mass is 9.83. The smallest absolute Gasteiger partial charge is 0.0568 e. The summed E-state index contributed by atoms with van der Waals surface area (Å²) in [6, 6.07) is 6.05. The monoisotopic (exact) mass is 315 g/mol. The van der Waals surface area contributed by atoms with Crippen molar-refractivity contribution in [3.05, 3.63) is 27.7 Å². The lowest BCUT2D eigenvalue weighted by Crippen LogP contribution is -2.20. The molecule has 0 aliphatic heterocycles. The molecule has 0 heterocycles. The van der Waals surface area contributed by atoms with Crippen LogP contribution in [-0.2, 0) is 0 Å². The normalized spacial score (nSPS) is 24.6. The van der Waals surface area contributed by atoms with Gasteiger partial charge in [0.05, 0.1) is 5.02 Å². The molecule has 0 bridgehead atoms. The Labute approximate surface area is 117 Å². The third kappa shape index (κ3) is 3.89. The lowest BCUT2D eigenvalue weighted by Gasteiger charge is -2.26. The molecule has 1 aromatic rings. The molecular weight excluding hydrogens is 298 g/mol. The molecule has 0 radical (unpaired) electrons. The van der Waals surface area contributed by atoms with Crippen LogP contribution in [0.3, 0.4) is 0 Å². The van der Waals surface area contributed by atoms with E-state index < -0.39 is 0 Å². The van der Waals surface area contributed by atoms with E-state index in [1.807, 2.05) is 12.1 Å². The Bertz CT molecular complexity index is 372. The second-order valence-electron chi connectivity index (χ2n) is 5.14. The van der Waals surface area contributed by atoms with Crippen LogP contribution in [0.2, 0.25) is 5.02 Å². The first-order valence-corrected chi connectivity index (χ1v) is 7.51. The summed E-state index contributed by atoms with van der Waals surface area (Å²) in [5.74, 6) is 1.75. The summed E-state index contributed by atoms with van der Waals surface area (Å²) in [7, 11) is 0. The fourth-order valence-corrected chi connectivity index (χ4v) is 2.83. The van der Waals surface area contributed by atoms with Crippen LogP contribution in [0.25, 0.3) is 0 Å². The molecule has 3 heteroatoms. The minimum absolute atomic E-state index is 0.771. The highest BCUT2D eigenvalue weighted by Gasteiger charge is 2.17. The molecular formula is C14H19BrClN. The van der Waals surface area contributed by atoms with E-state index in [0.29, 0.717) is 0 Å². The lowest BCUT2D eigenvalue weighted by molar-refractivity contribution is 0.300. The highest BCUT2D eigenvalue weighted by atomic mass is 79.9. The van der Waals surface area contributed by atoms with Crippen LogP contribution in [0.4, 0.5) is 5.69 Å². The molecule has 1 saturated carbocycles. The molecule has 17 heavy (non-hydrogen) atoms. The summed E-state index contributed by atoms with van der Waals surface area (Å²) in [5, 5.41) is 4.26. The second kappa shape index (κ2) is 6.10. The maximum Gasteiger partial charge on any atom is 0.0568 e. The molecule has 1 aliphatic rings. The van der Waals surface area contributed by atoms with Gasteiger partial charge in [-0.05, 0) is 58.8 Å². The topological polar surface area (TPSA) is 12.0 Å². The Morgan fingerprint density at radius 1 is 1.29 bits per heavy atom. The van der Waals surface area contributed by atoms with Crippen LogP contribution in [0, 0.1) is 11.8 Å². The number of rotatable bonds is 3. The SMILES string of the molecule is CC1CCC(CNc2ccc(Br)c(Cl)c2)CC1. The van der Waals surface area contributed by atoms with Crippen LogP contribution < -0.4 is 5.32 Å². The number of anilines is 1. The molecule has 1 fully saturated rings. The summed E-state index contributed by atoms with van der Waals surface area (Å²) >= 11 is 9.47. The van der Waals surface area contributed by atoms with E-state index in [-0.39, 0.29) is 0 Å². The van der Waals surface area contributed by atoms with Crippen LogP contribution in [0.15, 0.2) is 22.7 Å². The summed E-state index contributed by atoms with van der Waals surface area (Å²) in [6.45, 7) is 3.43. The van der Waals surface area contributed by atoms with E-state index in [0.717, 1.165) is 33.6 Å². The Balaban J connectivity index is 1.83. The Hall–Kier alpha value is -0.210. The first-order valence-electron chi connectivity index (χ1n) is 6.34. The third-order valence-electron chi connectivity index (χ3n) is 3.65. The average molecular weight is 317 g/mol. The predicted octanol–water partition coefficient (Wildman–Crippen LogP) is 5.34. The van der Waals surface area contributed by atoms with Gasteiger partial charge in [0, 0.05) is 16.7 Å². The molecule has 94 valence electrons. The van der Waals surface area contributed by atoms with Crippen LogP contribution >= 0.6 is 27.5 Å². The van der Waals surface area contributed by atoms with Crippen molar-refractivity contribution in [2.75, 3.05) is 11.9 Å². The number of hydrogen-bond acceptors (Lipinski definition) is 1. The fourth-order valence-electron chi connectivity index (χ4n) is 2.40. The van der Waals surface area contributed by atoms with Crippen LogP contribution in [0.1, 0.15) is 32.6 Å². The van der Waals surface area contributed by atoms with Crippen molar-refractivity contribution in [2.24, 2.45) is 11.8 Å². The van der Waals surface area contributed by atoms with Crippen molar-refractivity contribution in [1.29, 1.82) is 0 Å². The summed E-state index contributed by atoms with van der Waals surface area (Å²) < 4.78 is 0.955. The Kier molecular flexibility index (Phi) is 4.75. The number of benzene rings is 1. The largest absolute Gasteiger partial charge is 0.385 e. The van der Waals surface area contributed by atoms with Crippen molar-refractivity contribution in [3.8, 4) is 0 Å². The predicted molar refractivity (Wildman–Crippen MR) is 78.8 cm³/mol. The van der Waals surface area contributed by atoms with E-state index in [1.165, 1.54) is 25.7 Å². The molecule has 2 rings (SSSR count). The third-order valence-corrected chi connectivity index (χ3v) is 4.88. The highest BCUT2D eigenvalue weighted by Crippen LogP contribution is 2.29. The summed E-state index contributed by atoms with van der Waals surface area (Å²) in [5.41, 5.74) is 1.12. The summed E-state index contributed by atoms with van der Waals surface area (Å²) in [4.78, 5) is 0. The molecule has 0 aromatic heterocycles. The quantitative estimate of drug-likeness (QED) is 0.793. The average Bonchev–Trinajstić information content (AvgIpc) is 2.33. The number of hydrogen-bond donors (Lipinski definition) is 1. The second-order valence-corrected chi connectivity index (χ2v) is 6.40. The van der Waals surface area contributed by atoms with E-state index in [9.17, 15) is 0 Å². The van der Waals surface area contributed by atoms with Gasteiger partial charge in [0.15, 0.2) is 0 Å². The molecule has 1 aliphatic carbocycles. The van der Waals surface area contributed by atoms with Gasteiger partial charge >= 0.3 is 0 Å². The zero-order valence-electron chi connectivity index (χ0n) is 10.2. The zero-order valence-corrected chi connectivity index (χ0v) is 12.5. The molecule has 1 N–H and O–H groups in total. The van der Waals surface area contributed by atoms with Gasteiger partial charge in [-0.3, -0.25) is 0 Å². The molecule has 0 saturated heterocycles. The first-order chi connectivity index (χ1) is 8.15. The Morgan fingerprint density at radius 2 is 2.00 bits per heavy atom. The van der Waals surface area contributed by atoms with Gasteiger partial charge in [-0.15, -0.1) is 0 Å². The zero-order chi connectivity index (χ0) is 12.3. The van der Waals surface area contributed by atoms with Gasteiger partial charge in [-0.25, -0.2) is 0 Å². The number of halogens is 2. The van der Waals surface area contributed by atoms with E-state index in [2.05, 4.69) is 34.2 Å². The standard InChI is InChI=1S/C14H19BrClN/c1-10-2-4-11(5-3-10)9-17-12-6-7-13(15)14(16)8-12/h6-8,10-11,17H,2-5,9H2,1H3. The van der Waals surface area contributed by atoms with Gasteiger partial charge in [-0.2, -0.15) is 0 Å². The highest BCUT2D eigenvalue weighted by molar-refractivity contribution is 9.10. The van der Waals surface area contributed by atoms with Crippen molar-refractivity contribution < 1.29 is 0 Å². The molecule has 1 nitrogen and oxygen atoms in total. The van der Waals surface area contributed by atoms with Crippen molar-refractivity contribution >= 4 is 33.2 Å². The molecule has 0 spiro atoms. The Morgan fingerprint density at radius 3 is 2.65 bits per heavy atom. The maximum atomic E-state index is 6.07. The molecule has 0 atom stereocenters. The fraction of sp³-hybridized carbons (Fsp3) is 0.571. The van der Waals surface area contributed by atoms with E-state index in [1.54, 1.807) is 0 Å². The van der Waals surface area contributed by atoms with Gasteiger partial charge in [-0.1, -0.05) is 31.4 Å². The van der Waals surface area contributed by atoms with E-state index in [4.69, 9.17) is 11.6 Å². The van der Waals surface area contributed by atoms with Gasteiger partial charge in [0.2, 0.25) is 0 Å². The molecule has 0 amide bonds. The summed E-state index contributed by atoms with van der Waals surface area (Å²) in [6.07, 6.45) is 5.48. The van der Waals surface area contributed by atoms with Gasteiger partial charge in [0.25, 0.3) is 0 Å². The minimum Gasteiger partial charge on any atom is -0.385 e. The van der Waals surface area contributed by atoms with Crippen LogP contribution in [0.5, 0.6) is 0 Å².